The lowest BCUT2D eigenvalue weighted by atomic mass is 10.3. The van der Waals surface area contributed by atoms with Crippen LogP contribution in [0.2, 0.25) is 0 Å². The Hall–Kier alpha value is -0.500. The smallest absolute Gasteiger partial charge is 0.0915 e. The second-order valence-electron chi connectivity index (χ2n) is 3.24. The molecule has 0 rings (SSSR count). The van der Waals surface area contributed by atoms with Crippen molar-refractivity contribution in [3.63, 3.8) is 0 Å². The van der Waals surface area contributed by atoms with Gasteiger partial charge in [-0.3, -0.25) is 0 Å². The highest BCUT2D eigenvalue weighted by molar-refractivity contribution is 4.98. The molecule has 0 bridgehead atoms. The quantitative estimate of drug-likeness (QED) is 0.594. The molecule has 0 aliphatic carbocycles. The molecule has 0 saturated carbocycles. The van der Waals surface area contributed by atoms with Gasteiger partial charge in [0, 0.05) is 13.5 Å². The summed E-state index contributed by atoms with van der Waals surface area (Å²) in [6.07, 6.45) is 1.23. The maximum atomic E-state index is 5.48. The van der Waals surface area contributed by atoms with Crippen LogP contribution in [0.25, 0.3) is 0 Å². The molecule has 0 heterocycles. The van der Waals surface area contributed by atoms with E-state index in [0.29, 0.717) is 0 Å². The Morgan fingerprint density at radius 1 is 1.25 bits per heavy atom. The standard InChI is InChI=1S/C10H20O2/c1-8(2)10(4)12-7-6-9(3)11-5/h9H,6-7H2,1-5H3. The Labute approximate surface area is 75.6 Å². The highest BCUT2D eigenvalue weighted by Gasteiger charge is 1.99. The van der Waals surface area contributed by atoms with E-state index in [4.69, 9.17) is 9.47 Å². The summed E-state index contributed by atoms with van der Waals surface area (Å²) in [4.78, 5) is 0. The lowest BCUT2D eigenvalue weighted by Crippen LogP contribution is -2.08. The maximum Gasteiger partial charge on any atom is 0.0915 e. The molecule has 72 valence electrons. The Bertz CT molecular complexity index is 146. The van der Waals surface area contributed by atoms with Crippen LogP contribution in [0.15, 0.2) is 11.3 Å². The van der Waals surface area contributed by atoms with Gasteiger partial charge in [0.2, 0.25) is 0 Å². The molecule has 0 aliphatic rings. The average Bonchev–Trinajstić information content (AvgIpc) is 2.03. The molecule has 1 unspecified atom stereocenters. The van der Waals surface area contributed by atoms with Gasteiger partial charge in [0.1, 0.15) is 0 Å². The van der Waals surface area contributed by atoms with Crippen LogP contribution in [0.4, 0.5) is 0 Å². The summed E-state index contributed by atoms with van der Waals surface area (Å²) in [5.74, 6) is 1.03. The van der Waals surface area contributed by atoms with E-state index in [1.165, 1.54) is 5.57 Å². The zero-order valence-electron chi connectivity index (χ0n) is 8.81. The molecular weight excluding hydrogens is 152 g/mol. The fourth-order valence-corrected chi connectivity index (χ4v) is 0.640. The van der Waals surface area contributed by atoms with Crippen LogP contribution >= 0.6 is 0 Å². The minimum Gasteiger partial charge on any atom is -0.498 e. The van der Waals surface area contributed by atoms with Crippen LogP contribution in [0.5, 0.6) is 0 Å². The van der Waals surface area contributed by atoms with E-state index < -0.39 is 0 Å². The molecular formula is C10H20O2. The van der Waals surface area contributed by atoms with E-state index in [2.05, 4.69) is 13.8 Å². The summed E-state index contributed by atoms with van der Waals surface area (Å²) >= 11 is 0. The minimum absolute atomic E-state index is 0.287. The number of methoxy groups -OCH3 is 1. The first-order valence-corrected chi connectivity index (χ1v) is 4.37. The predicted octanol–water partition coefficient (Wildman–Crippen LogP) is 2.74. The van der Waals surface area contributed by atoms with Gasteiger partial charge in [-0.15, -0.1) is 0 Å². The number of ether oxygens (including phenoxy) is 2. The Kier molecular flexibility index (Phi) is 5.81. The van der Waals surface area contributed by atoms with Gasteiger partial charge in [0.15, 0.2) is 0 Å². The zero-order valence-corrected chi connectivity index (χ0v) is 8.81. The molecule has 0 radical (unpaired) electrons. The van der Waals surface area contributed by atoms with Crippen molar-refractivity contribution in [2.45, 2.75) is 40.2 Å². The third-order valence-corrected chi connectivity index (χ3v) is 1.95. The lowest BCUT2D eigenvalue weighted by Gasteiger charge is -2.11. The van der Waals surface area contributed by atoms with E-state index in [-0.39, 0.29) is 6.10 Å². The van der Waals surface area contributed by atoms with Crippen molar-refractivity contribution in [2.24, 2.45) is 0 Å². The van der Waals surface area contributed by atoms with Crippen molar-refractivity contribution in [3.8, 4) is 0 Å². The summed E-state index contributed by atoms with van der Waals surface area (Å²) in [5, 5.41) is 0. The zero-order chi connectivity index (χ0) is 9.56. The van der Waals surface area contributed by atoms with Crippen molar-refractivity contribution in [1.29, 1.82) is 0 Å². The molecule has 1 atom stereocenters. The molecule has 0 aromatic rings. The van der Waals surface area contributed by atoms with E-state index in [1.807, 2.05) is 13.8 Å². The van der Waals surface area contributed by atoms with Gasteiger partial charge in [-0.2, -0.15) is 0 Å². The molecule has 2 nitrogen and oxygen atoms in total. The maximum absolute atomic E-state index is 5.48. The fraction of sp³-hybridized carbons (Fsp3) is 0.800. The number of hydrogen-bond donors (Lipinski definition) is 0. The Balaban J connectivity index is 3.51. The Morgan fingerprint density at radius 3 is 2.25 bits per heavy atom. The first kappa shape index (κ1) is 11.5. The van der Waals surface area contributed by atoms with Gasteiger partial charge in [0.25, 0.3) is 0 Å². The van der Waals surface area contributed by atoms with E-state index in [0.717, 1.165) is 18.8 Å². The summed E-state index contributed by atoms with van der Waals surface area (Å²) < 4.78 is 10.6. The van der Waals surface area contributed by atoms with Gasteiger partial charge in [-0.25, -0.2) is 0 Å². The lowest BCUT2D eigenvalue weighted by molar-refractivity contribution is 0.0819. The van der Waals surface area contributed by atoms with E-state index >= 15 is 0 Å². The Morgan fingerprint density at radius 2 is 1.83 bits per heavy atom. The van der Waals surface area contributed by atoms with Crippen molar-refractivity contribution >= 4 is 0 Å². The van der Waals surface area contributed by atoms with Gasteiger partial charge < -0.3 is 9.47 Å². The summed E-state index contributed by atoms with van der Waals surface area (Å²) in [5.41, 5.74) is 1.24. The highest BCUT2D eigenvalue weighted by Crippen LogP contribution is 2.05. The third-order valence-electron chi connectivity index (χ3n) is 1.95. The monoisotopic (exact) mass is 172 g/mol. The van der Waals surface area contributed by atoms with Crippen LogP contribution in [0, 0.1) is 0 Å². The molecule has 0 aliphatic heterocycles. The van der Waals surface area contributed by atoms with Crippen molar-refractivity contribution < 1.29 is 9.47 Å². The average molecular weight is 172 g/mol. The van der Waals surface area contributed by atoms with Gasteiger partial charge in [0.05, 0.1) is 18.5 Å². The molecule has 2 heteroatoms. The van der Waals surface area contributed by atoms with Crippen LogP contribution < -0.4 is 0 Å². The fourth-order valence-electron chi connectivity index (χ4n) is 0.640. The van der Waals surface area contributed by atoms with Crippen LogP contribution in [-0.2, 0) is 9.47 Å². The number of rotatable bonds is 5. The van der Waals surface area contributed by atoms with Crippen molar-refractivity contribution in [3.05, 3.63) is 11.3 Å². The summed E-state index contributed by atoms with van der Waals surface area (Å²) in [6.45, 7) is 8.88. The third kappa shape index (κ3) is 5.19. The van der Waals surface area contributed by atoms with Crippen LogP contribution in [-0.4, -0.2) is 19.8 Å². The molecule has 0 saturated heterocycles. The van der Waals surface area contributed by atoms with Crippen molar-refractivity contribution in [1.82, 2.24) is 0 Å². The first-order chi connectivity index (χ1) is 5.57. The molecule has 0 amide bonds. The largest absolute Gasteiger partial charge is 0.498 e. The second-order valence-corrected chi connectivity index (χ2v) is 3.24. The number of hydrogen-bond acceptors (Lipinski definition) is 2. The predicted molar refractivity (Wildman–Crippen MR) is 51.1 cm³/mol. The summed E-state index contributed by atoms with van der Waals surface area (Å²) in [7, 11) is 1.72. The van der Waals surface area contributed by atoms with Crippen LogP contribution in [0.3, 0.4) is 0 Å². The number of allylic oxidation sites excluding steroid dienone is 2. The van der Waals surface area contributed by atoms with E-state index in [9.17, 15) is 0 Å². The van der Waals surface area contributed by atoms with Crippen LogP contribution in [0.1, 0.15) is 34.1 Å². The van der Waals surface area contributed by atoms with Crippen molar-refractivity contribution in [2.75, 3.05) is 13.7 Å². The highest BCUT2D eigenvalue weighted by atomic mass is 16.5. The van der Waals surface area contributed by atoms with E-state index in [1.54, 1.807) is 7.11 Å². The minimum atomic E-state index is 0.287. The summed E-state index contributed by atoms with van der Waals surface area (Å²) in [6, 6.07) is 0. The second kappa shape index (κ2) is 6.06. The molecule has 0 N–H and O–H groups in total. The molecule has 0 fully saturated rings. The topological polar surface area (TPSA) is 18.5 Å². The SMILES string of the molecule is COC(C)CCOC(C)=C(C)C. The molecule has 0 aromatic heterocycles. The van der Waals surface area contributed by atoms with Gasteiger partial charge in [-0.05, 0) is 33.3 Å². The van der Waals surface area contributed by atoms with Gasteiger partial charge in [-0.1, -0.05) is 0 Å². The van der Waals surface area contributed by atoms with Gasteiger partial charge >= 0.3 is 0 Å². The first-order valence-electron chi connectivity index (χ1n) is 4.37. The normalized spacial score (nSPS) is 12.4. The molecule has 0 spiro atoms. The molecule has 0 aromatic carbocycles. The molecule has 12 heavy (non-hydrogen) atoms.